The number of ether oxygens (including phenoxy) is 1. The molecule has 2 aromatic carbocycles. The van der Waals surface area contributed by atoms with E-state index in [1.54, 1.807) is 12.1 Å². The van der Waals surface area contributed by atoms with Crippen molar-refractivity contribution in [3.8, 4) is 5.75 Å². The van der Waals surface area contributed by atoms with E-state index in [-0.39, 0.29) is 6.61 Å². The molecule has 2 nitrogen and oxygen atoms in total. The Hall–Kier alpha value is -0.930. The summed E-state index contributed by atoms with van der Waals surface area (Å²) in [6.45, 7) is 1.07. The van der Waals surface area contributed by atoms with Gasteiger partial charge in [-0.25, -0.2) is 0 Å². The van der Waals surface area contributed by atoms with Gasteiger partial charge >= 0.3 is 0 Å². The molecule has 0 heterocycles. The van der Waals surface area contributed by atoms with Crippen LogP contribution in [-0.4, -0.2) is 7.05 Å². The first-order chi connectivity index (χ1) is 9.61. The fraction of sp³-hybridized carbons (Fsp3) is 0.200. The number of benzene rings is 2. The summed E-state index contributed by atoms with van der Waals surface area (Å²) in [5.74, 6) is 0.768. The standard InChI is InChI=1S/C15H14Cl3NO/c1-19-8-10-3-2-4-11(7-10)20-9-12-13(16)5-6-14(17)15(12)18/h2-7,19H,8-9H2,1H3. The van der Waals surface area contributed by atoms with Gasteiger partial charge in [-0.15, -0.1) is 0 Å². The summed E-state index contributed by atoms with van der Waals surface area (Å²) in [4.78, 5) is 0. The second-order valence-corrected chi connectivity index (χ2v) is 5.48. The molecule has 0 aliphatic heterocycles. The Morgan fingerprint density at radius 2 is 1.80 bits per heavy atom. The Balaban J connectivity index is 2.13. The van der Waals surface area contributed by atoms with Crippen molar-refractivity contribution in [1.29, 1.82) is 0 Å². The van der Waals surface area contributed by atoms with Crippen LogP contribution in [-0.2, 0) is 13.2 Å². The zero-order valence-corrected chi connectivity index (χ0v) is 13.2. The molecule has 0 radical (unpaired) electrons. The van der Waals surface area contributed by atoms with Gasteiger partial charge in [0, 0.05) is 17.1 Å². The Labute approximate surface area is 133 Å². The van der Waals surface area contributed by atoms with Crippen molar-refractivity contribution in [2.45, 2.75) is 13.2 Å². The zero-order chi connectivity index (χ0) is 14.5. The highest BCUT2D eigenvalue weighted by Gasteiger charge is 2.10. The first kappa shape index (κ1) is 15.5. The van der Waals surface area contributed by atoms with E-state index in [0.717, 1.165) is 17.9 Å². The molecule has 0 saturated heterocycles. The fourth-order valence-corrected chi connectivity index (χ4v) is 2.46. The van der Waals surface area contributed by atoms with E-state index in [1.165, 1.54) is 0 Å². The van der Waals surface area contributed by atoms with Gasteiger partial charge in [-0.1, -0.05) is 46.9 Å². The number of halogens is 3. The third-order valence-corrected chi connectivity index (χ3v) is 4.00. The van der Waals surface area contributed by atoms with E-state index in [0.29, 0.717) is 20.6 Å². The molecule has 0 fully saturated rings. The minimum atomic E-state index is 0.279. The molecule has 5 heteroatoms. The van der Waals surface area contributed by atoms with Crippen LogP contribution in [0.2, 0.25) is 15.1 Å². The summed E-state index contributed by atoms with van der Waals surface area (Å²) in [6.07, 6.45) is 0. The molecule has 1 N–H and O–H groups in total. The molecule has 0 aliphatic carbocycles. The fourth-order valence-electron chi connectivity index (χ4n) is 1.81. The molecule has 0 bridgehead atoms. The van der Waals surface area contributed by atoms with E-state index in [4.69, 9.17) is 39.5 Å². The van der Waals surface area contributed by atoms with Crippen molar-refractivity contribution in [3.05, 3.63) is 62.6 Å². The van der Waals surface area contributed by atoms with Gasteiger partial charge in [-0.05, 0) is 36.9 Å². The Morgan fingerprint density at radius 1 is 1.05 bits per heavy atom. The second-order valence-electron chi connectivity index (χ2n) is 4.29. The van der Waals surface area contributed by atoms with Crippen LogP contribution in [0.4, 0.5) is 0 Å². The van der Waals surface area contributed by atoms with Crippen LogP contribution in [0.25, 0.3) is 0 Å². The van der Waals surface area contributed by atoms with Gasteiger partial charge in [-0.2, -0.15) is 0 Å². The van der Waals surface area contributed by atoms with Crippen LogP contribution in [0.1, 0.15) is 11.1 Å². The van der Waals surface area contributed by atoms with Crippen molar-refractivity contribution >= 4 is 34.8 Å². The summed E-state index contributed by atoms with van der Waals surface area (Å²) in [7, 11) is 1.90. The Kier molecular flexibility index (Phi) is 5.55. The highest BCUT2D eigenvalue weighted by atomic mass is 35.5. The number of nitrogens with one attached hydrogen (secondary N) is 1. The average molecular weight is 331 g/mol. The highest BCUT2D eigenvalue weighted by molar-refractivity contribution is 6.44. The largest absolute Gasteiger partial charge is 0.489 e. The molecule has 2 rings (SSSR count). The quantitative estimate of drug-likeness (QED) is 0.784. The summed E-state index contributed by atoms with van der Waals surface area (Å²) < 4.78 is 5.74. The normalized spacial score (nSPS) is 10.6. The number of rotatable bonds is 5. The molecular formula is C15H14Cl3NO. The molecule has 0 amide bonds. The van der Waals surface area contributed by atoms with Crippen molar-refractivity contribution in [2.24, 2.45) is 0 Å². The maximum absolute atomic E-state index is 6.14. The van der Waals surface area contributed by atoms with E-state index < -0.39 is 0 Å². The van der Waals surface area contributed by atoms with Gasteiger partial charge in [0.2, 0.25) is 0 Å². The zero-order valence-electron chi connectivity index (χ0n) is 10.9. The predicted molar refractivity (Wildman–Crippen MR) is 85.0 cm³/mol. The van der Waals surface area contributed by atoms with Gasteiger partial charge < -0.3 is 10.1 Å². The first-order valence-corrected chi connectivity index (χ1v) is 7.24. The topological polar surface area (TPSA) is 21.3 Å². The van der Waals surface area contributed by atoms with Crippen LogP contribution in [0.15, 0.2) is 36.4 Å². The summed E-state index contributed by atoms with van der Waals surface area (Å²) in [5.41, 5.74) is 1.84. The van der Waals surface area contributed by atoms with Crippen molar-refractivity contribution in [1.82, 2.24) is 5.32 Å². The van der Waals surface area contributed by atoms with Crippen molar-refractivity contribution in [2.75, 3.05) is 7.05 Å². The lowest BCUT2D eigenvalue weighted by Crippen LogP contribution is -2.05. The van der Waals surface area contributed by atoms with Crippen molar-refractivity contribution in [3.63, 3.8) is 0 Å². The van der Waals surface area contributed by atoms with E-state index in [2.05, 4.69) is 5.32 Å². The van der Waals surface area contributed by atoms with Gasteiger partial charge in [0.15, 0.2) is 0 Å². The first-order valence-electron chi connectivity index (χ1n) is 6.10. The van der Waals surface area contributed by atoms with Crippen LogP contribution in [0, 0.1) is 0 Å². The SMILES string of the molecule is CNCc1cccc(OCc2c(Cl)ccc(Cl)c2Cl)c1. The van der Waals surface area contributed by atoms with E-state index >= 15 is 0 Å². The van der Waals surface area contributed by atoms with Gasteiger partial charge in [0.25, 0.3) is 0 Å². The molecule has 0 aliphatic rings. The third-order valence-electron chi connectivity index (χ3n) is 2.80. The van der Waals surface area contributed by atoms with Gasteiger partial charge in [0.1, 0.15) is 12.4 Å². The Bertz CT molecular complexity index is 602. The van der Waals surface area contributed by atoms with E-state index in [1.807, 2.05) is 31.3 Å². The van der Waals surface area contributed by atoms with Crippen LogP contribution >= 0.6 is 34.8 Å². The van der Waals surface area contributed by atoms with Crippen LogP contribution in [0.5, 0.6) is 5.75 Å². The molecule has 0 unspecified atom stereocenters. The third kappa shape index (κ3) is 3.80. The van der Waals surface area contributed by atoms with Gasteiger partial charge in [-0.3, -0.25) is 0 Å². The Morgan fingerprint density at radius 3 is 2.55 bits per heavy atom. The summed E-state index contributed by atoms with van der Waals surface area (Å²) >= 11 is 18.2. The smallest absolute Gasteiger partial charge is 0.120 e. The highest BCUT2D eigenvalue weighted by Crippen LogP contribution is 2.32. The van der Waals surface area contributed by atoms with Gasteiger partial charge in [0.05, 0.1) is 10.0 Å². The summed E-state index contributed by atoms with van der Waals surface area (Å²) in [6, 6.07) is 11.2. The molecule has 0 aromatic heterocycles. The van der Waals surface area contributed by atoms with Crippen molar-refractivity contribution < 1.29 is 4.74 Å². The molecular weight excluding hydrogens is 317 g/mol. The lowest BCUT2D eigenvalue weighted by atomic mass is 10.2. The molecule has 0 atom stereocenters. The van der Waals surface area contributed by atoms with E-state index in [9.17, 15) is 0 Å². The summed E-state index contributed by atoms with van der Waals surface area (Å²) in [5, 5.41) is 4.55. The molecule has 106 valence electrons. The molecule has 0 spiro atoms. The van der Waals surface area contributed by atoms with Crippen LogP contribution < -0.4 is 10.1 Å². The van der Waals surface area contributed by atoms with Crippen LogP contribution in [0.3, 0.4) is 0 Å². The number of hydrogen-bond acceptors (Lipinski definition) is 2. The molecule has 0 saturated carbocycles. The molecule has 2 aromatic rings. The second kappa shape index (κ2) is 7.19. The lowest BCUT2D eigenvalue weighted by molar-refractivity contribution is 0.306. The average Bonchev–Trinajstić information content (AvgIpc) is 2.44. The lowest BCUT2D eigenvalue weighted by Gasteiger charge is -2.11. The molecule has 20 heavy (non-hydrogen) atoms. The minimum absolute atomic E-state index is 0.279. The monoisotopic (exact) mass is 329 g/mol. The minimum Gasteiger partial charge on any atom is -0.489 e. The maximum Gasteiger partial charge on any atom is 0.120 e. The number of hydrogen-bond donors (Lipinski definition) is 1. The maximum atomic E-state index is 6.14. The predicted octanol–water partition coefficient (Wildman–Crippen LogP) is 4.95.